The Labute approximate surface area is 253 Å². The van der Waals surface area contributed by atoms with E-state index < -0.39 is 51.9 Å². The normalized spacial score (nSPS) is 12.5. The summed E-state index contributed by atoms with van der Waals surface area (Å²) < 4.78 is 66.7. The predicted octanol–water partition coefficient (Wildman–Crippen LogP) is 5.94. The van der Waals surface area contributed by atoms with Crippen LogP contribution >= 0.6 is 23.2 Å². The van der Waals surface area contributed by atoms with E-state index in [1.54, 1.807) is 54.6 Å². The number of halogens is 5. The molecule has 3 rings (SSSR count). The first-order chi connectivity index (χ1) is 19.7. The minimum Gasteiger partial charge on any atom is -0.354 e. The van der Waals surface area contributed by atoms with Crippen LogP contribution in [0.1, 0.15) is 30.0 Å². The molecule has 1 N–H and O–H groups in total. The number of hydrogen-bond acceptors (Lipinski definition) is 4. The van der Waals surface area contributed by atoms with E-state index >= 15 is 0 Å². The van der Waals surface area contributed by atoms with Crippen LogP contribution in [0.25, 0.3) is 0 Å². The maximum Gasteiger partial charge on any atom is 0.416 e. The largest absolute Gasteiger partial charge is 0.416 e. The minimum absolute atomic E-state index is 0.0892. The van der Waals surface area contributed by atoms with Gasteiger partial charge in [-0.1, -0.05) is 72.6 Å². The van der Waals surface area contributed by atoms with Crippen molar-refractivity contribution in [3.05, 3.63) is 99.5 Å². The molecule has 0 radical (unpaired) electrons. The van der Waals surface area contributed by atoms with Crippen molar-refractivity contribution in [2.45, 2.75) is 38.5 Å². The summed E-state index contributed by atoms with van der Waals surface area (Å²) in [5.74, 6) is -1.31. The quantitative estimate of drug-likeness (QED) is 0.264. The molecule has 0 fully saturated rings. The molecule has 3 aromatic rings. The topological polar surface area (TPSA) is 86.8 Å². The first-order valence-corrected chi connectivity index (χ1v) is 15.5. The summed E-state index contributed by atoms with van der Waals surface area (Å²) in [5, 5.41) is 2.87. The zero-order chi connectivity index (χ0) is 31.1. The molecule has 0 heterocycles. The molecule has 0 unspecified atom stereocenters. The summed E-state index contributed by atoms with van der Waals surface area (Å²) in [7, 11) is -4.32. The zero-order valence-electron chi connectivity index (χ0n) is 22.9. The van der Waals surface area contributed by atoms with Crippen LogP contribution in [0, 0.1) is 0 Å². The van der Waals surface area contributed by atoms with E-state index in [4.69, 9.17) is 23.2 Å². The number of hydrogen-bond donors (Lipinski definition) is 1. The maximum atomic E-state index is 14.0. The smallest absolute Gasteiger partial charge is 0.354 e. The van der Waals surface area contributed by atoms with Crippen LogP contribution in [0.2, 0.25) is 10.0 Å². The van der Waals surface area contributed by atoms with E-state index in [0.29, 0.717) is 40.0 Å². The van der Waals surface area contributed by atoms with Gasteiger partial charge in [-0.3, -0.25) is 13.9 Å². The molecule has 3 aromatic carbocycles. The molecule has 2 amide bonds. The average molecular weight is 645 g/mol. The molecule has 0 aliphatic heterocycles. The van der Waals surface area contributed by atoms with E-state index in [1.165, 1.54) is 4.90 Å². The van der Waals surface area contributed by atoms with Crippen molar-refractivity contribution in [2.75, 3.05) is 23.7 Å². The lowest BCUT2D eigenvalue weighted by atomic mass is 10.0. The van der Waals surface area contributed by atoms with Gasteiger partial charge in [0.1, 0.15) is 12.6 Å². The van der Waals surface area contributed by atoms with Gasteiger partial charge in [0.25, 0.3) is 0 Å². The second kappa shape index (κ2) is 14.3. The van der Waals surface area contributed by atoms with E-state index in [9.17, 15) is 31.2 Å². The van der Waals surface area contributed by atoms with Gasteiger partial charge in [0.05, 0.1) is 22.5 Å². The van der Waals surface area contributed by atoms with Crippen LogP contribution in [-0.2, 0) is 38.8 Å². The highest BCUT2D eigenvalue weighted by atomic mass is 35.5. The lowest BCUT2D eigenvalue weighted by Crippen LogP contribution is -2.53. The summed E-state index contributed by atoms with van der Waals surface area (Å²) >= 11 is 12.3. The number of alkyl halides is 3. The zero-order valence-corrected chi connectivity index (χ0v) is 25.2. The molecule has 226 valence electrons. The SMILES string of the molecule is CCCNC(=O)[C@H](Cc1ccccc1)N(Cc1cccc(Cl)c1)C(=O)CN(c1cc(C(F)(F)F)ccc1Cl)S(C)(=O)=O. The summed E-state index contributed by atoms with van der Waals surface area (Å²) in [5.41, 5.74) is -0.362. The fourth-order valence-corrected chi connectivity index (χ4v) is 5.56. The summed E-state index contributed by atoms with van der Waals surface area (Å²) in [6.07, 6.45) is -3.31. The van der Waals surface area contributed by atoms with Crippen molar-refractivity contribution in [3.63, 3.8) is 0 Å². The van der Waals surface area contributed by atoms with Crippen molar-refractivity contribution in [1.29, 1.82) is 0 Å². The fourth-order valence-electron chi connectivity index (χ4n) is 4.23. The van der Waals surface area contributed by atoms with Gasteiger partial charge >= 0.3 is 6.18 Å². The van der Waals surface area contributed by atoms with Crippen LogP contribution in [0.5, 0.6) is 0 Å². The van der Waals surface area contributed by atoms with Crippen LogP contribution in [0.4, 0.5) is 18.9 Å². The van der Waals surface area contributed by atoms with Gasteiger partial charge in [0, 0.05) is 24.5 Å². The van der Waals surface area contributed by atoms with Gasteiger partial charge < -0.3 is 10.2 Å². The number of carbonyl (C=O) groups excluding carboxylic acids is 2. The lowest BCUT2D eigenvalue weighted by Gasteiger charge is -2.33. The second-order valence-electron chi connectivity index (χ2n) is 9.58. The lowest BCUT2D eigenvalue weighted by molar-refractivity contribution is -0.140. The van der Waals surface area contributed by atoms with E-state index in [-0.39, 0.29) is 18.0 Å². The third kappa shape index (κ3) is 9.11. The predicted molar refractivity (Wildman–Crippen MR) is 158 cm³/mol. The monoisotopic (exact) mass is 643 g/mol. The summed E-state index contributed by atoms with van der Waals surface area (Å²) in [6.45, 7) is 1.15. The average Bonchev–Trinajstić information content (AvgIpc) is 2.92. The highest BCUT2D eigenvalue weighted by molar-refractivity contribution is 7.92. The van der Waals surface area contributed by atoms with Crippen molar-refractivity contribution in [1.82, 2.24) is 10.2 Å². The van der Waals surface area contributed by atoms with Gasteiger partial charge in [-0.25, -0.2) is 8.42 Å². The van der Waals surface area contributed by atoms with E-state index in [1.807, 2.05) is 6.92 Å². The number of anilines is 1. The van der Waals surface area contributed by atoms with E-state index in [2.05, 4.69) is 5.32 Å². The van der Waals surface area contributed by atoms with Crippen molar-refractivity contribution >= 4 is 50.7 Å². The van der Waals surface area contributed by atoms with Crippen LogP contribution in [-0.4, -0.2) is 50.5 Å². The second-order valence-corrected chi connectivity index (χ2v) is 12.3. The molecule has 0 aliphatic carbocycles. The molecular weight excluding hydrogens is 614 g/mol. The summed E-state index contributed by atoms with van der Waals surface area (Å²) in [4.78, 5) is 28.7. The van der Waals surface area contributed by atoms with Crippen molar-refractivity contribution in [2.24, 2.45) is 0 Å². The number of benzene rings is 3. The number of amides is 2. The summed E-state index contributed by atoms with van der Waals surface area (Å²) in [6, 6.07) is 16.6. The molecule has 0 saturated carbocycles. The third-order valence-electron chi connectivity index (χ3n) is 6.28. The van der Waals surface area contributed by atoms with Gasteiger partial charge in [0.15, 0.2) is 0 Å². The molecule has 0 aromatic heterocycles. The highest BCUT2D eigenvalue weighted by Gasteiger charge is 2.35. The maximum absolute atomic E-state index is 14.0. The van der Waals surface area contributed by atoms with Gasteiger partial charge in [-0.05, 0) is 47.9 Å². The van der Waals surface area contributed by atoms with E-state index in [0.717, 1.165) is 17.9 Å². The highest BCUT2D eigenvalue weighted by Crippen LogP contribution is 2.36. The van der Waals surface area contributed by atoms with Gasteiger partial charge in [-0.2, -0.15) is 13.2 Å². The fraction of sp³-hybridized carbons (Fsp3) is 0.310. The van der Waals surface area contributed by atoms with Gasteiger partial charge in [-0.15, -0.1) is 0 Å². The number of nitrogens with one attached hydrogen (secondary N) is 1. The third-order valence-corrected chi connectivity index (χ3v) is 7.96. The molecule has 0 saturated heterocycles. The van der Waals surface area contributed by atoms with Gasteiger partial charge in [0.2, 0.25) is 21.8 Å². The van der Waals surface area contributed by atoms with Crippen LogP contribution in [0.3, 0.4) is 0 Å². The Morgan fingerprint density at radius 1 is 0.952 bits per heavy atom. The first kappa shape index (κ1) is 33.2. The molecule has 0 spiro atoms. The molecular formula is C29H30Cl2F3N3O4S. The Balaban J connectivity index is 2.10. The number of rotatable bonds is 12. The number of carbonyl (C=O) groups is 2. The minimum atomic E-state index is -4.79. The Hall–Kier alpha value is -3.28. The van der Waals surface area contributed by atoms with Crippen LogP contribution in [0.15, 0.2) is 72.8 Å². The van der Waals surface area contributed by atoms with Crippen LogP contribution < -0.4 is 9.62 Å². The Morgan fingerprint density at radius 2 is 1.62 bits per heavy atom. The first-order valence-electron chi connectivity index (χ1n) is 12.9. The Kier molecular flexibility index (Phi) is 11.3. The Morgan fingerprint density at radius 3 is 2.21 bits per heavy atom. The molecule has 1 atom stereocenters. The molecule has 7 nitrogen and oxygen atoms in total. The standard InChI is InChI=1S/C29H30Cl2F3N3O4S/c1-3-14-35-28(39)26(16-20-8-5-4-6-9-20)36(18-21-10-7-11-23(30)15-21)27(38)19-37(42(2,40)41)25-17-22(29(32,33)34)12-13-24(25)31/h4-13,15,17,26H,3,14,16,18-19H2,1-2H3,(H,35,39)/t26-/m0/s1. The van der Waals surface area contributed by atoms with Crippen molar-refractivity contribution < 1.29 is 31.2 Å². The molecule has 0 bridgehead atoms. The van der Waals surface area contributed by atoms with Crippen molar-refractivity contribution in [3.8, 4) is 0 Å². The molecule has 42 heavy (non-hydrogen) atoms. The Bertz CT molecular complexity index is 1510. The number of sulfonamides is 1. The number of nitrogens with zero attached hydrogens (tertiary/aromatic N) is 2. The molecule has 0 aliphatic rings. The molecule has 13 heteroatoms.